The maximum Gasteiger partial charge on any atom is 0.145 e. The monoisotopic (exact) mass is 265 g/mol. The van der Waals surface area contributed by atoms with Crippen LogP contribution in [0.25, 0.3) is 0 Å². The first-order valence-corrected chi connectivity index (χ1v) is 5.92. The van der Waals surface area contributed by atoms with E-state index >= 15 is 0 Å². The maximum atomic E-state index is 13.3. The molecule has 0 amide bonds. The van der Waals surface area contributed by atoms with Gasteiger partial charge in [0.25, 0.3) is 0 Å². The lowest BCUT2D eigenvalue weighted by molar-refractivity contribution is 0.475. The molecule has 0 bridgehead atoms. The van der Waals surface area contributed by atoms with Crippen LogP contribution >= 0.6 is 11.6 Å². The van der Waals surface area contributed by atoms with Crippen LogP contribution < -0.4 is 10.5 Å². The Bertz CT molecular complexity index is 557. The molecule has 0 spiro atoms. The molecule has 2 nitrogen and oxygen atoms in total. The van der Waals surface area contributed by atoms with Gasteiger partial charge in [0.05, 0.1) is 5.02 Å². The third-order valence-corrected chi connectivity index (χ3v) is 2.82. The summed E-state index contributed by atoms with van der Waals surface area (Å²) in [7, 11) is 0. The molecule has 0 aromatic heterocycles. The van der Waals surface area contributed by atoms with E-state index in [-0.39, 0.29) is 11.1 Å². The molecule has 0 radical (unpaired) electrons. The van der Waals surface area contributed by atoms with Crippen LogP contribution in [0.15, 0.2) is 42.5 Å². The Balaban J connectivity index is 2.23. The number of ether oxygens (including phenoxy) is 1. The Labute approximate surface area is 110 Å². The number of halogens is 2. The first-order valence-electron chi connectivity index (χ1n) is 5.54. The zero-order valence-electron chi connectivity index (χ0n) is 9.86. The Morgan fingerprint density at radius 3 is 2.56 bits per heavy atom. The van der Waals surface area contributed by atoms with Crippen molar-refractivity contribution in [2.45, 2.75) is 13.0 Å². The van der Waals surface area contributed by atoms with Gasteiger partial charge in [-0.2, -0.15) is 0 Å². The fourth-order valence-corrected chi connectivity index (χ4v) is 1.66. The molecule has 2 rings (SSSR count). The van der Waals surface area contributed by atoms with E-state index in [0.29, 0.717) is 11.5 Å². The third kappa shape index (κ3) is 3.00. The highest BCUT2D eigenvalue weighted by Crippen LogP contribution is 2.26. The molecule has 0 aliphatic heterocycles. The van der Waals surface area contributed by atoms with E-state index in [1.165, 1.54) is 12.1 Å². The second kappa shape index (κ2) is 5.38. The van der Waals surface area contributed by atoms with E-state index in [0.717, 1.165) is 5.56 Å². The molecule has 0 saturated heterocycles. The Hall–Kier alpha value is -1.58. The molecule has 0 saturated carbocycles. The summed E-state index contributed by atoms with van der Waals surface area (Å²) in [5.41, 5.74) is 6.75. The van der Waals surface area contributed by atoms with Crippen molar-refractivity contribution < 1.29 is 9.13 Å². The minimum atomic E-state index is -0.502. The largest absolute Gasteiger partial charge is 0.457 e. The lowest BCUT2D eigenvalue weighted by atomic mass is 10.1. The maximum absolute atomic E-state index is 13.3. The van der Waals surface area contributed by atoms with Gasteiger partial charge in [-0.25, -0.2) is 4.39 Å². The standard InChI is InChI=1S/C14H13ClFNO/c1-9(17)10-3-2-4-11(7-10)18-12-5-6-13(15)14(16)8-12/h2-9H,17H2,1H3. The molecular formula is C14H13ClFNO. The van der Waals surface area contributed by atoms with Crippen molar-refractivity contribution in [3.8, 4) is 11.5 Å². The van der Waals surface area contributed by atoms with Crippen molar-refractivity contribution in [3.05, 3.63) is 58.9 Å². The summed E-state index contributed by atoms with van der Waals surface area (Å²) in [5.74, 6) is 0.516. The van der Waals surface area contributed by atoms with Gasteiger partial charge in [-0.1, -0.05) is 23.7 Å². The van der Waals surface area contributed by atoms with Crippen LogP contribution in [0.5, 0.6) is 11.5 Å². The van der Waals surface area contributed by atoms with Gasteiger partial charge >= 0.3 is 0 Å². The van der Waals surface area contributed by atoms with Crippen LogP contribution in [0.3, 0.4) is 0 Å². The van der Waals surface area contributed by atoms with Crippen molar-refractivity contribution in [2.24, 2.45) is 5.73 Å². The van der Waals surface area contributed by atoms with Crippen molar-refractivity contribution >= 4 is 11.6 Å². The van der Waals surface area contributed by atoms with Crippen LogP contribution in [0.4, 0.5) is 4.39 Å². The molecule has 0 aliphatic carbocycles. The minimum Gasteiger partial charge on any atom is -0.457 e. The van der Waals surface area contributed by atoms with Crippen LogP contribution in [-0.4, -0.2) is 0 Å². The zero-order chi connectivity index (χ0) is 13.1. The SMILES string of the molecule is CC(N)c1cccc(Oc2ccc(Cl)c(F)c2)c1. The summed E-state index contributed by atoms with van der Waals surface area (Å²) in [6.07, 6.45) is 0. The summed E-state index contributed by atoms with van der Waals surface area (Å²) in [6.45, 7) is 1.89. The van der Waals surface area contributed by atoms with Gasteiger partial charge in [-0.15, -0.1) is 0 Å². The van der Waals surface area contributed by atoms with Crippen molar-refractivity contribution in [2.75, 3.05) is 0 Å². The molecule has 1 unspecified atom stereocenters. The molecule has 2 aromatic carbocycles. The average molecular weight is 266 g/mol. The van der Waals surface area contributed by atoms with E-state index in [1.807, 2.05) is 25.1 Å². The molecule has 0 aliphatic rings. The third-order valence-electron chi connectivity index (χ3n) is 2.51. The first kappa shape index (κ1) is 12.9. The fourth-order valence-electron chi connectivity index (χ4n) is 1.54. The molecule has 2 aromatic rings. The highest BCUT2D eigenvalue weighted by Gasteiger charge is 2.05. The van der Waals surface area contributed by atoms with Crippen molar-refractivity contribution in [3.63, 3.8) is 0 Å². The Morgan fingerprint density at radius 2 is 1.89 bits per heavy atom. The number of benzene rings is 2. The predicted octanol–water partition coefficient (Wildman–Crippen LogP) is 4.29. The smallest absolute Gasteiger partial charge is 0.145 e. The highest BCUT2D eigenvalue weighted by molar-refractivity contribution is 6.30. The predicted molar refractivity (Wildman–Crippen MR) is 70.5 cm³/mol. The van der Waals surface area contributed by atoms with E-state index in [2.05, 4.69) is 0 Å². The van der Waals surface area contributed by atoms with Gasteiger partial charge in [-0.3, -0.25) is 0 Å². The van der Waals surface area contributed by atoms with Crippen molar-refractivity contribution in [1.29, 1.82) is 0 Å². The first-order chi connectivity index (χ1) is 8.56. The molecule has 18 heavy (non-hydrogen) atoms. The molecule has 1 atom stereocenters. The molecule has 0 fully saturated rings. The quantitative estimate of drug-likeness (QED) is 0.898. The van der Waals surface area contributed by atoms with Crippen molar-refractivity contribution in [1.82, 2.24) is 0 Å². The number of hydrogen-bond acceptors (Lipinski definition) is 2. The fraction of sp³-hybridized carbons (Fsp3) is 0.143. The molecule has 94 valence electrons. The van der Waals surface area contributed by atoms with E-state index in [4.69, 9.17) is 22.1 Å². The summed E-state index contributed by atoms with van der Waals surface area (Å²) in [4.78, 5) is 0. The molecule has 0 heterocycles. The van der Waals surface area contributed by atoms with Gasteiger partial charge in [0.2, 0.25) is 0 Å². The minimum absolute atomic E-state index is 0.0736. The Morgan fingerprint density at radius 1 is 1.17 bits per heavy atom. The lowest BCUT2D eigenvalue weighted by Gasteiger charge is -2.10. The van der Waals surface area contributed by atoms with Crippen LogP contribution in [0, 0.1) is 5.82 Å². The van der Waals surface area contributed by atoms with Crippen LogP contribution in [0.2, 0.25) is 5.02 Å². The van der Waals surface area contributed by atoms with Gasteiger partial charge in [0, 0.05) is 12.1 Å². The van der Waals surface area contributed by atoms with Gasteiger partial charge < -0.3 is 10.5 Å². The molecular weight excluding hydrogens is 253 g/mol. The zero-order valence-corrected chi connectivity index (χ0v) is 10.6. The normalized spacial score (nSPS) is 12.2. The second-order valence-electron chi connectivity index (χ2n) is 4.04. The Kier molecular flexibility index (Phi) is 3.84. The summed E-state index contributed by atoms with van der Waals surface area (Å²) < 4.78 is 18.8. The van der Waals surface area contributed by atoms with E-state index in [1.54, 1.807) is 12.1 Å². The average Bonchev–Trinajstić information content (AvgIpc) is 2.34. The lowest BCUT2D eigenvalue weighted by Crippen LogP contribution is -2.04. The summed E-state index contributed by atoms with van der Waals surface area (Å²) in [6, 6.07) is 11.6. The summed E-state index contributed by atoms with van der Waals surface area (Å²) in [5, 5.41) is 0.0756. The summed E-state index contributed by atoms with van der Waals surface area (Å²) >= 11 is 5.60. The van der Waals surface area contributed by atoms with E-state index < -0.39 is 5.82 Å². The van der Waals surface area contributed by atoms with E-state index in [9.17, 15) is 4.39 Å². The molecule has 2 N–H and O–H groups in total. The number of nitrogens with two attached hydrogens (primary N) is 1. The molecule has 4 heteroatoms. The van der Waals surface area contributed by atoms with Gasteiger partial charge in [0.1, 0.15) is 17.3 Å². The highest BCUT2D eigenvalue weighted by atomic mass is 35.5. The number of rotatable bonds is 3. The van der Waals surface area contributed by atoms with Gasteiger partial charge in [0.15, 0.2) is 0 Å². The van der Waals surface area contributed by atoms with Crippen LogP contribution in [-0.2, 0) is 0 Å². The second-order valence-corrected chi connectivity index (χ2v) is 4.45. The topological polar surface area (TPSA) is 35.2 Å². The number of hydrogen-bond donors (Lipinski definition) is 1. The van der Waals surface area contributed by atoms with Crippen LogP contribution in [0.1, 0.15) is 18.5 Å². The van der Waals surface area contributed by atoms with Gasteiger partial charge in [-0.05, 0) is 36.8 Å².